The van der Waals surface area contributed by atoms with Gasteiger partial charge in [0.05, 0.1) is 5.92 Å². The predicted molar refractivity (Wildman–Crippen MR) is 57.7 cm³/mol. The molecule has 0 saturated heterocycles. The highest BCUT2D eigenvalue weighted by molar-refractivity contribution is 5.89. The molecule has 0 aromatic heterocycles. The molecule has 0 heterocycles. The molecule has 16 heavy (non-hydrogen) atoms. The third kappa shape index (κ3) is 3.29. The molecule has 0 amide bonds. The second-order valence-electron chi connectivity index (χ2n) is 5.59. The van der Waals surface area contributed by atoms with Crippen LogP contribution in [0.2, 0.25) is 0 Å². The van der Waals surface area contributed by atoms with E-state index < -0.39 is 28.9 Å². The maximum atomic E-state index is 13.8. The van der Waals surface area contributed by atoms with Crippen molar-refractivity contribution in [2.45, 2.75) is 58.2 Å². The van der Waals surface area contributed by atoms with Crippen molar-refractivity contribution in [1.82, 2.24) is 0 Å². The Labute approximate surface area is 95.3 Å². The Kier molecular flexibility index (Phi) is 3.41. The highest BCUT2D eigenvalue weighted by Crippen LogP contribution is 2.33. The summed E-state index contributed by atoms with van der Waals surface area (Å²) < 4.78 is 18.9. The van der Waals surface area contributed by atoms with Gasteiger partial charge >= 0.3 is 5.97 Å². The molecule has 0 N–H and O–H groups in total. The summed E-state index contributed by atoms with van der Waals surface area (Å²) in [5.74, 6) is -1.30. The van der Waals surface area contributed by atoms with Crippen molar-refractivity contribution in [3.63, 3.8) is 0 Å². The number of ether oxygens (including phenoxy) is 1. The van der Waals surface area contributed by atoms with Crippen molar-refractivity contribution < 1.29 is 18.7 Å². The molecule has 1 rings (SSSR count). The zero-order valence-electron chi connectivity index (χ0n) is 10.3. The van der Waals surface area contributed by atoms with E-state index in [0.717, 1.165) is 0 Å². The minimum Gasteiger partial charge on any atom is -0.460 e. The molecule has 0 aromatic rings. The second kappa shape index (κ2) is 4.15. The average Bonchev–Trinajstić information content (AvgIpc) is 2.06. The number of hydrogen-bond donors (Lipinski definition) is 0. The first-order valence-corrected chi connectivity index (χ1v) is 5.57. The van der Waals surface area contributed by atoms with Crippen LogP contribution in [-0.2, 0) is 14.3 Å². The highest BCUT2D eigenvalue weighted by Gasteiger charge is 2.43. The molecule has 2 atom stereocenters. The van der Waals surface area contributed by atoms with Gasteiger partial charge in [-0.15, -0.1) is 0 Å². The van der Waals surface area contributed by atoms with E-state index in [1.54, 1.807) is 20.8 Å². The normalized spacial score (nSPS) is 31.3. The Balaban J connectivity index is 2.63. The number of carbonyl (C=O) groups excluding carboxylic acids is 2. The Morgan fingerprint density at radius 2 is 2.06 bits per heavy atom. The Hall–Kier alpha value is -0.930. The highest BCUT2D eigenvalue weighted by atomic mass is 19.1. The van der Waals surface area contributed by atoms with Gasteiger partial charge in [0.2, 0.25) is 0 Å². The molecule has 4 heteroatoms. The van der Waals surface area contributed by atoms with Gasteiger partial charge in [0, 0.05) is 12.8 Å². The van der Waals surface area contributed by atoms with Crippen LogP contribution in [0.5, 0.6) is 0 Å². The van der Waals surface area contributed by atoms with E-state index in [2.05, 4.69) is 0 Å². The number of Topliss-reactive ketones (excluding diaryl/α,β-unsaturated/α-hetero) is 1. The fourth-order valence-electron chi connectivity index (χ4n) is 1.83. The second-order valence-corrected chi connectivity index (χ2v) is 5.59. The first-order chi connectivity index (χ1) is 7.12. The van der Waals surface area contributed by atoms with Crippen LogP contribution in [0.4, 0.5) is 4.39 Å². The summed E-state index contributed by atoms with van der Waals surface area (Å²) in [6.07, 6.45) is 0.463. The number of esters is 1. The molecular formula is C12H19FO3. The maximum Gasteiger partial charge on any atom is 0.309 e. The zero-order valence-corrected chi connectivity index (χ0v) is 10.3. The molecule has 0 radical (unpaired) electrons. The third-order valence-corrected chi connectivity index (χ3v) is 2.67. The lowest BCUT2D eigenvalue weighted by Crippen LogP contribution is -2.41. The van der Waals surface area contributed by atoms with E-state index in [-0.39, 0.29) is 12.8 Å². The SMILES string of the molecule is CC(C)(C)OC(=O)C1CCC(=O)[C@@](C)(F)C1. The summed E-state index contributed by atoms with van der Waals surface area (Å²) in [7, 11) is 0. The lowest BCUT2D eigenvalue weighted by atomic mass is 9.79. The summed E-state index contributed by atoms with van der Waals surface area (Å²) in [4.78, 5) is 23.0. The Morgan fingerprint density at radius 1 is 1.50 bits per heavy atom. The minimum absolute atomic E-state index is 0.0548. The summed E-state index contributed by atoms with van der Waals surface area (Å²) in [5, 5.41) is 0. The Morgan fingerprint density at radius 3 is 2.50 bits per heavy atom. The van der Waals surface area contributed by atoms with Crippen LogP contribution in [-0.4, -0.2) is 23.0 Å². The van der Waals surface area contributed by atoms with E-state index in [9.17, 15) is 14.0 Å². The van der Waals surface area contributed by atoms with Gasteiger partial charge in [0.15, 0.2) is 11.5 Å². The van der Waals surface area contributed by atoms with E-state index in [1.807, 2.05) is 0 Å². The number of carbonyl (C=O) groups is 2. The van der Waals surface area contributed by atoms with Crippen molar-refractivity contribution in [3.05, 3.63) is 0 Å². The number of rotatable bonds is 1. The summed E-state index contributed by atoms with van der Waals surface area (Å²) in [6.45, 7) is 6.56. The average molecular weight is 230 g/mol. The van der Waals surface area contributed by atoms with Gasteiger partial charge in [-0.05, 0) is 34.1 Å². The summed E-state index contributed by atoms with van der Waals surface area (Å²) >= 11 is 0. The van der Waals surface area contributed by atoms with Gasteiger partial charge in [-0.25, -0.2) is 4.39 Å². The zero-order chi connectivity index (χ0) is 12.6. The van der Waals surface area contributed by atoms with E-state index in [0.29, 0.717) is 6.42 Å². The first-order valence-electron chi connectivity index (χ1n) is 5.57. The fourth-order valence-corrected chi connectivity index (χ4v) is 1.83. The predicted octanol–water partition coefficient (Wildman–Crippen LogP) is 2.43. The molecule has 0 bridgehead atoms. The molecule has 1 aliphatic rings. The van der Waals surface area contributed by atoms with Gasteiger partial charge in [-0.3, -0.25) is 9.59 Å². The van der Waals surface area contributed by atoms with Crippen LogP contribution in [0, 0.1) is 5.92 Å². The molecule has 0 aromatic carbocycles. The number of halogens is 1. The Bertz CT molecular complexity index is 302. The third-order valence-electron chi connectivity index (χ3n) is 2.67. The lowest BCUT2D eigenvalue weighted by molar-refractivity contribution is -0.163. The van der Waals surface area contributed by atoms with Crippen LogP contribution in [0.3, 0.4) is 0 Å². The van der Waals surface area contributed by atoms with Crippen molar-refractivity contribution in [2.24, 2.45) is 5.92 Å². The standard InChI is InChI=1S/C12H19FO3/c1-11(2,3)16-10(15)8-5-6-9(14)12(4,13)7-8/h8H,5-7H2,1-4H3/t8?,12-/m0/s1. The largest absolute Gasteiger partial charge is 0.460 e. The van der Waals surface area contributed by atoms with Crippen molar-refractivity contribution in [1.29, 1.82) is 0 Å². The van der Waals surface area contributed by atoms with E-state index in [1.165, 1.54) is 6.92 Å². The van der Waals surface area contributed by atoms with Crippen LogP contribution < -0.4 is 0 Å². The van der Waals surface area contributed by atoms with Crippen LogP contribution in [0.1, 0.15) is 47.0 Å². The topological polar surface area (TPSA) is 43.4 Å². The van der Waals surface area contributed by atoms with Gasteiger partial charge < -0.3 is 4.74 Å². The maximum absolute atomic E-state index is 13.8. The lowest BCUT2D eigenvalue weighted by Gasteiger charge is -2.31. The van der Waals surface area contributed by atoms with Crippen LogP contribution >= 0.6 is 0 Å². The minimum atomic E-state index is -1.88. The van der Waals surface area contributed by atoms with Crippen molar-refractivity contribution >= 4 is 11.8 Å². The first kappa shape index (κ1) is 13.1. The molecule has 1 unspecified atom stereocenters. The summed E-state index contributed by atoms with van der Waals surface area (Å²) in [6, 6.07) is 0. The quantitative estimate of drug-likeness (QED) is 0.650. The molecule has 1 aliphatic carbocycles. The van der Waals surface area contributed by atoms with Crippen LogP contribution in [0.25, 0.3) is 0 Å². The van der Waals surface area contributed by atoms with E-state index >= 15 is 0 Å². The van der Waals surface area contributed by atoms with Gasteiger partial charge in [0.25, 0.3) is 0 Å². The molecular weight excluding hydrogens is 211 g/mol. The van der Waals surface area contributed by atoms with Crippen molar-refractivity contribution in [3.8, 4) is 0 Å². The molecule has 0 aliphatic heterocycles. The van der Waals surface area contributed by atoms with Gasteiger partial charge in [-0.2, -0.15) is 0 Å². The molecule has 1 saturated carbocycles. The van der Waals surface area contributed by atoms with Gasteiger partial charge in [0.1, 0.15) is 5.60 Å². The molecule has 1 fully saturated rings. The fraction of sp³-hybridized carbons (Fsp3) is 0.833. The number of alkyl halides is 1. The smallest absolute Gasteiger partial charge is 0.309 e. The van der Waals surface area contributed by atoms with Crippen LogP contribution in [0.15, 0.2) is 0 Å². The molecule has 0 spiro atoms. The molecule has 92 valence electrons. The number of ketones is 1. The molecule has 3 nitrogen and oxygen atoms in total. The van der Waals surface area contributed by atoms with E-state index in [4.69, 9.17) is 4.74 Å². The van der Waals surface area contributed by atoms with Gasteiger partial charge in [-0.1, -0.05) is 0 Å². The summed E-state index contributed by atoms with van der Waals surface area (Å²) in [5.41, 5.74) is -2.44. The number of hydrogen-bond acceptors (Lipinski definition) is 3. The monoisotopic (exact) mass is 230 g/mol. The van der Waals surface area contributed by atoms with Crippen molar-refractivity contribution in [2.75, 3.05) is 0 Å².